The highest BCUT2D eigenvalue weighted by Crippen LogP contribution is 2.45. The first-order chi connectivity index (χ1) is 9.24. The molecule has 3 nitrogen and oxygen atoms in total. The fourth-order valence-electron chi connectivity index (χ4n) is 3.65. The molecule has 2 fully saturated rings. The van der Waals surface area contributed by atoms with Crippen LogP contribution in [0.2, 0.25) is 0 Å². The van der Waals surface area contributed by atoms with E-state index in [-0.39, 0.29) is 0 Å². The van der Waals surface area contributed by atoms with E-state index < -0.39 is 0 Å². The number of carbonyl (C=O) groups is 1. The van der Waals surface area contributed by atoms with Gasteiger partial charge in [-0.1, -0.05) is 31.2 Å². The second-order valence-corrected chi connectivity index (χ2v) is 5.96. The fourth-order valence-corrected chi connectivity index (χ4v) is 3.65. The number of nitrogens with zero attached hydrogens (tertiary/aromatic N) is 1. The van der Waals surface area contributed by atoms with E-state index in [1.54, 1.807) is 0 Å². The van der Waals surface area contributed by atoms with Crippen LogP contribution in [0.1, 0.15) is 35.2 Å². The Hall–Kier alpha value is -1.19. The van der Waals surface area contributed by atoms with E-state index in [4.69, 9.17) is 0 Å². The predicted octanol–water partition coefficient (Wildman–Crippen LogP) is 1.89. The van der Waals surface area contributed by atoms with Gasteiger partial charge >= 0.3 is 0 Å². The second-order valence-electron chi connectivity index (χ2n) is 5.96. The normalized spacial score (nSPS) is 33.8. The summed E-state index contributed by atoms with van der Waals surface area (Å²) >= 11 is 0. The number of aldehydes is 1. The molecular weight excluding hydrogens is 236 g/mol. The average Bonchev–Trinajstić information content (AvgIpc) is 3.16. The van der Waals surface area contributed by atoms with Gasteiger partial charge in [0.05, 0.1) is 0 Å². The number of carbonyl (C=O) groups excluding carboxylic acids is 1. The summed E-state index contributed by atoms with van der Waals surface area (Å²) < 4.78 is 0. The first kappa shape index (κ1) is 12.8. The Balaban J connectivity index is 1.70. The van der Waals surface area contributed by atoms with Gasteiger partial charge in [0.15, 0.2) is 0 Å². The Morgan fingerprint density at radius 3 is 2.79 bits per heavy atom. The largest absolute Gasteiger partial charge is 0.319 e. The first-order valence-corrected chi connectivity index (χ1v) is 7.20. The molecule has 1 N–H and O–H groups in total. The first-order valence-electron chi connectivity index (χ1n) is 7.20. The highest BCUT2D eigenvalue weighted by Gasteiger charge is 2.52. The molecule has 2 aliphatic rings. The lowest BCUT2D eigenvalue weighted by Gasteiger charge is -2.23. The molecule has 0 bridgehead atoms. The maximum absolute atomic E-state index is 10.7. The van der Waals surface area contributed by atoms with Crippen molar-refractivity contribution in [3.05, 3.63) is 35.4 Å². The van der Waals surface area contributed by atoms with Gasteiger partial charge in [-0.3, -0.25) is 9.69 Å². The van der Waals surface area contributed by atoms with Crippen LogP contribution in [0.3, 0.4) is 0 Å². The third kappa shape index (κ3) is 2.33. The van der Waals surface area contributed by atoms with Crippen LogP contribution < -0.4 is 5.32 Å². The quantitative estimate of drug-likeness (QED) is 0.646. The van der Waals surface area contributed by atoms with Crippen molar-refractivity contribution in [2.45, 2.75) is 31.3 Å². The smallest absolute Gasteiger partial charge is 0.150 e. The molecule has 0 aromatic heterocycles. The number of rotatable bonds is 5. The zero-order valence-electron chi connectivity index (χ0n) is 11.7. The van der Waals surface area contributed by atoms with Crippen LogP contribution in [0.4, 0.5) is 0 Å². The van der Waals surface area contributed by atoms with Gasteiger partial charge in [0.1, 0.15) is 6.29 Å². The van der Waals surface area contributed by atoms with E-state index in [1.807, 2.05) is 19.2 Å². The molecule has 1 unspecified atom stereocenters. The predicted molar refractivity (Wildman–Crippen MR) is 76.6 cm³/mol. The highest BCUT2D eigenvalue weighted by molar-refractivity contribution is 5.74. The summed E-state index contributed by atoms with van der Waals surface area (Å²) in [6.07, 6.45) is 2.20. The van der Waals surface area contributed by atoms with Gasteiger partial charge in [-0.2, -0.15) is 0 Å². The van der Waals surface area contributed by atoms with Gasteiger partial charge in [0.25, 0.3) is 0 Å². The summed E-state index contributed by atoms with van der Waals surface area (Å²) in [4.78, 5) is 13.3. The van der Waals surface area contributed by atoms with E-state index in [9.17, 15) is 4.79 Å². The maximum atomic E-state index is 10.7. The Morgan fingerprint density at radius 1 is 1.42 bits per heavy atom. The van der Waals surface area contributed by atoms with Gasteiger partial charge in [0.2, 0.25) is 0 Å². The minimum atomic E-state index is 0.549. The molecule has 0 radical (unpaired) electrons. The molecule has 2 heterocycles. The van der Waals surface area contributed by atoms with E-state index in [0.29, 0.717) is 12.0 Å². The van der Waals surface area contributed by atoms with Crippen LogP contribution in [0.5, 0.6) is 0 Å². The molecule has 1 aromatic rings. The van der Waals surface area contributed by atoms with Crippen LogP contribution >= 0.6 is 0 Å². The van der Waals surface area contributed by atoms with Crippen LogP contribution in [0.25, 0.3) is 0 Å². The van der Waals surface area contributed by atoms with Crippen molar-refractivity contribution in [1.29, 1.82) is 0 Å². The molecular formula is C16H22N2O. The molecule has 0 amide bonds. The summed E-state index contributed by atoms with van der Waals surface area (Å²) in [5.74, 6) is 1.36. The second kappa shape index (κ2) is 5.06. The van der Waals surface area contributed by atoms with Crippen LogP contribution in [0.15, 0.2) is 24.3 Å². The summed E-state index contributed by atoms with van der Waals surface area (Å²) in [6.45, 7) is 4.72. The molecule has 1 aromatic carbocycles. The van der Waals surface area contributed by atoms with E-state index >= 15 is 0 Å². The lowest BCUT2D eigenvalue weighted by atomic mass is 9.88. The molecule has 5 atom stereocenters. The third-order valence-electron chi connectivity index (χ3n) is 4.85. The Labute approximate surface area is 115 Å². The lowest BCUT2D eigenvalue weighted by molar-refractivity contribution is 0.112. The van der Waals surface area contributed by atoms with Gasteiger partial charge in [-0.05, 0) is 37.4 Å². The monoisotopic (exact) mass is 258 g/mol. The molecule has 102 valence electrons. The van der Waals surface area contributed by atoms with Gasteiger partial charge in [-0.25, -0.2) is 0 Å². The minimum absolute atomic E-state index is 0.549. The van der Waals surface area contributed by atoms with Crippen molar-refractivity contribution >= 4 is 6.29 Å². The van der Waals surface area contributed by atoms with Crippen LogP contribution in [-0.2, 0) is 0 Å². The summed E-state index contributed by atoms with van der Waals surface area (Å²) in [6, 6.07) is 9.56. The number of hydrogen-bond donors (Lipinski definition) is 1. The van der Waals surface area contributed by atoms with E-state index in [1.165, 1.54) is 18.5 Å². The number of fused-ring (bicyclic) bond motifs is 1. The van der Waals surface area contributed by atoms with Crippen molar-refractivity contribution in [2.75, 3.05) is 20.1 Å². The van der Waals surface area contributed by atoms with E-state index in [2.05, 4.69) is 29.3 Å². The average molecular weight is 258 g/mol. The highest BCUT2D eigenvalue weighted by atomic mass is 16.1. The Kier molecular flexibility index (Phi) is 3.42. The zero-order chi connectivity index (χ0) is 13.4. The molecule has 3 heteroatoms. The molecule has 0 aliphatic carbocycles. The number of piperidine rings is 1. The summed E-state index contributed by atoms with van der Waals surface area (Å²) in [5, 5.41) is 3.32. The fraction of sp³-hybridized carbons (Fsp3) is 0.562. The number of benzene rings is 1. The molecule has 2 saturated heterocycles. The summed E-state index contributed by atoms with van der Waals surface area (Å²) in [5.41, 5.74) is 2.12. The maximum Gasteiger partial charge on any atom is 0.150 e. The molecule has 19 heavy (non-hydrogen) atoms. The Morgan fingerprint density at radius 2 is 2.16 bits per heavy atom. The summed E-state index contributed by atoms with van der Waals surface area (Å²) in [7, 11) is 2.04. The standard InChI is InChI=1S/C16H22N2O/c1-11(13-5-3-12(10-19)4-6-13)15-7-14(8-17-2)16-9-18(15)16/h3-6,10-11,14-17H,7-9H2,1-2H3/t11-,14-,15+,16-,18?/m1/s1. The number of hydrogen-bond acceptors (Lipinski definition) is 3. The molecule has 3 rings (SSSR count). The minimum Gasteiger partial charge on any atom is -0.319 e. The number of nitrogens with one attached hydrogen (secondary N) is 1. The third-order valence-corrected chi connectivity index (χ3v) is 4.85. The van der Waals surface area contributed by atoms with Gasteiger partial charge < -0.3 is 5.32 Å². The lowest BCUT2D eigenvalue weighted by Crippen LogP contribution is -2.25. The van der Waals surface area contributed by atoms with Gasteiger partial charge in [0, 0.05) is 24.2 Å². The van der Waals surface area contributed by atoms with Crippen molar-refractivity contribution in [3.63, 3.8) is 0 Å². The SMILES string of the molecule is CNC[C@H]1C[C@@H]([C@H](C)c2ccc(C=O)cc2)N2C[C@H]12. The van der Waals surface area contributed by atoms with Crippen LogP contribution in [0, 0.1) is 5.92 Å². The van der Waals surface area contributed by atoms with E-state index in [0.717, 1.165) is 30.4 Å². The topological polar surface area (TPSA) is 32.1 Å². The molecule has 0 spiro atoms. The zero-order valence-corrected chi connectivity index (χ0v) is 11.7. The van der Waals surface area contributed by atoms with Crippen molar-refractivity contribution in [3.8, 4) is 0 Å². The van der Waals surface area contributed by atoms with Gasteiger partial charge in [-0.15, -0.1) is 0 Å². The van der Waals surface area contributed by atoms with Crippen LogP contribution in [-0.4, -0.2) is 43.4 Å². The van der Waals surface area contributed by atoms with Crippen molar-refractivity contribution < 1.29 is 4.79 Å². The van der Waals surface area contributed by atoms with Crippen molar-refractivity contribution in [1.82, 2.24) is 10.2 Å². The Bertz CT molecular complexity index is 456. The molecule has 2 aliphatic heterocycles. The van der Waals surface area contributed by atoms with Crippen molar-refractivity contribution in [2.24, 2.45) is 5.92 Å². The molecule has 0 saturated carbocycles.